The summed E-state index contributed by atoms with van der Waals surface area (Å²) in [7, 11) is 1.30. The SMILES string of the molecule is COC(=O)c1ccccc1NC(=O)c1ccc(Nc2ccc(C(C)C)cc2)nc1. The van der Waals surface area contributed by atoms with E-state index in [9.17, 15) is 9.59 Å². The summed E-state index contributed by atoms with van der Waals surface area (Å²) in [5.74, 6) is 0.238. The number of nitrogens with one attached hydrogen (secondary N) is 2. The molecule has 0 aliphatic rings. The molecule has 0 aliphatic carbocycles. The summed E-state index contributed by atoms with van der Waals surface area (Å²) < 4.78 is 4.75. The van der Waals surface area contributed by atoms with Gasteiger partial charge in [-0.15, -0.1) is 0 Å². The molecule has 6 nitrogen and oxygen atoms in total. The van der Waals surface area contributed by atoms with Gasteiger partial charge >= 0.3 is 5.97 Å². The van der Waals surface area contributed by atoms with Gasteiger partial charge in [0, 0.05) is 11.9 Å². The lowest BCUT2D eigenvalue weighted by Crippen LogP contribution is -2.15. The molecule has 1 heterocycles. The van der Waals surface area contributed by atoms with E-state index < -0.39 is 5.97 Å². The number of pyridine rings is 1. The molecule has 1 amide bonds. The quantitative estimate of drug-likeness (QED) is 0.581. The Morgan fingerprint density at radius 1 is 0.966 bits per heavy atom. The van der Waals surface area contributed by atoms with E-state index >= 15 is 0 Å². The summed E-state index contributed by atoms with van der Waals surface area (Å²) >= 11 is 0. The van der Waals surface area contributed by atoms with Gasteiger partial charge in [-0.1, -0.05) is 38.1 Å². The van der Waals surface area contributed by atoms with Gasteiger partial charge in [-0.05, 0) is 47.9 Å². The van der Waals surface area contributed by atoms with Crippen LogP contribution >= 0.6 is 0 Å². The van der Waals surface area contributed by atoms with Crippen molar-refractivity contribution in [3.05, 3.63) is 83.6 Å². The number of anilines is 3. The largest absolute Gasteiger partial charge is 0.465 e. The van der Waals surface area contributed by atoms with Crippen LogP contribution in [0.4, 0.5) is 17.2 Å². The molecule has 0 spiro atoms. The Morgan fingerprint density at radius 2 is 1.69 bits per heavy atom. The molecule has 0 atom stereocenters. The van der Waals surface area contributed by atoms with E-state index in [1.807, 2.05) is 12.1 Å². The molecule has 29 heavy (non-hydrogen) atoms. The van der Waals surface area contributed by atoms with Gasteiger partial charge in [-0.25, -0.2) is 9.78 Å². The van der Waals surface area contributed by atoms with Gasteiger partial charge in [0.1, 0.15) is 5.82 Å². The second-order valence-electron chi connectivity index (χ2n) is 6.83. The number of nitrogens with zero attached hydrogens (tertiary/aromatic N) is 1. The van der Waals surface area contributed by atoms with Crippen LogP contribution in [-0.2, 0) is 4.74 Å². The average molecular weight is 389 g/mol. The first-order valence-electron chi connectivity index (χ1n) is 9.29. The molecule has 6 heteroatoms. The third kappa shape index (κ3) is 4.99. The maximum atomic E-state index is 12.5. The van der Waals surface area contributed by atoms with E-state index in [1.165, 1.54) is 18.9 Å². The normalized spacial score (nSPS) is 10.5. The minimum Gasteiger partial charge on any atom is -0.465 e. The van der Waals surface area contributed by atoms with Crippen LogP contribution in [0.5, 0.6) is 0 Å². The van der Waals surface area contributed by atoms with Gasteiger partial charge in [-0.2, -0.15) is 0 Å². The zero-order valence-electron chi connectivity index (χ0n) is 16.6. The summed E-state index contributed by atoms with van der Waals surface area (Å²) in [6.07, 6.45) is 1.49. The Balaban J connectivity index is 1.68. The molecule has 2 aromatic carbocycles. The highest BCUT2D eigenvalue weighted by Crippen LogP contribution is 2.20. The van der Waals surface area contributed by atoms with Crippen molar-refractivity contribution in [1.29, 1.82) is 0 Å². The summed E-state index contributed by atoms with van der Waals surface area (Å²) in [6.45, 7) is 4.30. The number of methoxy groups -OCH3 is 1. The smallest absolute Gasteiger partial charge is 0.339 e. The van der Waals surface area contributed by atoms with Crippen LogP contribution in [0.1, 0.15) is 46.0 Å². The van der Waals surface area contributed by atoms with Crippen molar-refractivity contribution in [2.75, 3.05) is 17.7 Å². The highest BCUT2D eigenvalue weighted by atomic mass is 16.5. The Morgan fingerprint density at radius 3 is 2.31 bits per heavy atom. The zero-order valence-corrected chi connectivity index (χ0v) is 16.6. The molecule has 0 radical (unpaired) electrons. The number of benzene rings is 2. The Labute approximate surface area is 169 Å². The van der Waals surface area contributed by atoms with Crippen LogP contribution in [0.25, 0.3) is 0 Å². The third-order valence-electron chi connectivity index (χ3n) is 4.46. The van der Waals surface area contributed by atoms with Gasteiger partial charge in [0.15, 0.2) is 0 Å². The molecule has 2 N–H and O–H groups in total. The monoisotopic (exact) mass is 389 g/mol. The number of ether oxygens (including phenoxy) is 1. The van der Waals surface area contributed by atoms with Gasteiger partial charge in [0.05, 0.1) is 23.9 Å². The summed E-state index contributed by atoms with van der Waals surface area (Å²) in [4.78, 5) is 28.7. The Hall–Kier alpha value is -3.67. The van der Waals surface area contributed by atoms with E-state index in [0.717, 1.165) is 5.69 Å². The second kappa shape index (κ2) is 9.01. The Kier molecular flexibility index (Phi) is 6.24. The highest BCUT2D eigenvalue weighted by Gasteiger charge is 2.14. The topological polar surface area (TPSA) is 80.3 Å². The van der Waals surface area contributed by atoms with Crippen LogP contribution in [-0.4, -0.2) is 24.0 Å². The fraction of sp³-hybridized carbons (Fsp3) is 0.174. The van der Waals surface area contributed by atoms with Crippen molar-refractivity contribution in [2.24, 2.45) is 0 Å². The fourth-order valence-electron chi connectivity index (χ4n) is 2.78. The van der Waals surface area contributed by atoms with Crippen molar-refractivity contribution >= 4 is 29.1 Å². The van der Waals surface area contributed by atoms with Gasteiger partial charge in [-0.3, -0.25) is 4.79 Å². The van der Waals surface area contributed by atoms with Crippen LogP contribution < -0.4 is 10.6 Å². The summed E-state index contributed by atoms with van der Waals surface area (Å²) in [5, 5.41) is 5.94. The standard InChI is InChI=1S/C23H23N3O3/c1-15(2)16-8-11-18(12-9-16)25-21-13-10-17(14-24-21)22(27)26-20-7-5-4-6-19(20)23(28)29-3/h4-15H,1-3H3,(H,24,25)(H,26,27). The van der Waals surface area contributed by atoms with Gasteiger partial charge in [0.25, 0.3) is 5.91 Å². The summed E-state index contributed by atoms with van der Waals surface area (Å²) in [6, 6.07) is 18.2. The minimum absolute atomic E-state index is 0.291. The number of hydrogen-bond acceptors (Lipinski definition) is 5. The minimum atomic E-state index is -0.512. The molecule has 0 saturated heterocycles. The van der Waals surface area contributed by atoms with Crippen LogP contribution in [0, 0.1) is 0 Å². The molecule has 0 unspecified atom stereocenters. The Bertz CT molecular complexity index is 997. The van der Waals surface area contributed by atoms with Crippen LogP contribution in [0.15, 0.2) is 66.9 Å². The van der Waals surface area contributed by atoms with Crippen LogP contribution in [0.3, 0.4) is 0 Å². The lowest BCUT2D eigenvalue weighted by molar-refractivity contribution is 0.0602. The van der Waals surface area contributed by atoms with E-state index in [0.29, 0.717) is 28.6 Å². The predicted octanol–water partition coefficient (Wildman–Crippen LogP) is 4.99. The molecular formula is C23H23N3O3. The van der Waals surface area contributed by atoms with Gasteiger partial charge < -0.3 is 15.4 Å². The van der Waals surface area contributed by atoms with Crippen LogP contribution in [0.2, 0.25) is 0 Å². The third-order valence-corrected chi connectivity index (χ3v) is 4.46. The zero-order chi connectivity index (χ0) is 20.8. The first-order valence-corrected chi connectivity index (χ1v) is 9.29. The molecule has 1 aromatic heterocycles. The number of amides is 1. The van der Waals surface area contributed by atoms with E-state index in [2.05, 4.69) is 41.6 Å². The molecular weight excluding hydrogens is 366 g/mol. The number of carbonyl (C=O) groups is 2. The number of para-hydroxylation sites is 1. The lowest BCUT2D eigenvalue weighted by atomic mass is 10.0. The molecule has 3 rings (SSSR count). The molecule has 0 fully saturated rings. The maximum Gasteiger partial charge on any atom is 0.339 e. The van der Waals surface area contributed by atoms with Gasteiger partial charge in [0.2, 0.25) is 0 Å². The molecule has 3 aromatic rings. The first kappa shape index (κ1) is 20.1. The molecule has 0 saturated carbocycles. The van der Waals surface area contributed by atoms with Crippen molar-refractivity contribution in [3.63, 3.8) is 0 Å². The number of hydrogen-bond donors (Lipinski definition) is 2. The van der Waals surface area contributed by atoms with Crippen molar-refractivity contribution in [2.45, 2.75) is 19.8 Å². The number of aromatic nitrogens is 1. The predicted molar refractivity (Wildman–Crippen MR) is 114 cm³/mol. The van der Waals surface area contributed by atoms with E-state index in [-0.39, 0.29) is 5.91 Å². The average Bonchev–Trinajstić information content (AvgIpc) is 2.74. The van der Waals surface area contributed by atoms with E-state index in [1.54, 1.807) is 36.4 Å². The second-order valence-corrected chi connectivity index (χ2v) is 6.83. The number of rotatable bonds is 6. The maximum absolute atomic E-state index is 12.5. The highest BCUT2D eigenvalue weighted by molar-refractivity contribution is 6.07. The molecule has 0 bridgehead atoms. The van der Waals surface area contributed by atoms with Crippen molar-refractivity contribution in [3.8, 4) is 0 Å². The fourth-order valence-corrected chi connectivity index (χ4v) is 2.78. The summed E-state index contributed by atoms with van der Waals surface area (Å²) in [5.41, 5.74) is 3.25. The van der Waals surface area contributed by atoms with Crippen molar-refractivity contribution in [1.82, 2.24) is 4.98 Å². The number of carbonyl (C=O) groups excluding carboxylic acids is 2. The lowest BCUT2D eigenvalue weighted by Gasteiger charge is -2.11. The first-order chi connectivity index (χ1) is 14.0. The molecule has 0 aliphatic heterocycles. The van der Waals surface area contributed by atoms with Crippen molar-refractivity contribution < 1.29 is 14.3 Å². The number of esters is 1. The molecule has 148 valence electrons. The van der Waals surface area contributed by atoms with E-state index in [4.69, 9.17) is 4.74 Å².